The molecule has 0 saturated heterocycles. The van der Waals surface area contributed by atoms with E-state index in [4.69, 9.17) is 5.73 Å². The second-order valence-electron chi connectivity index (χ2n) is 4.77. The van der Waals surface area contributed by atoms with Crippen molar-refractivity contribution in [1.29, 1.82) is 0 Å². The zero-order valence-corrected chi connectivity index (χ0v) is 11.6. The van der Waals surface area contributed by atoms with Gasteiger partial charge in [0.05, 0.1) is 6.42 Å². The lowest BCUT2D eigenvalue weighted by molar-refractivity contribution is -0.115. The van der Waals surface area contributed by atoms with Gasteiger partial charge >= 0.3 is 0 Å². The molecule has 0 bridgehead atoms. The minimum Gasteiger partial charge on any atom is -0.326 e. The SMILES string of the molecule is CCCc1cc(NC(=O)Cc2ccc(CN)cc2)n[nH]1. The van der Waals surface area contributed by atoms with Crippen LogP contribution in [0.3, 0.4) is 0 Å². The van der Waals surface area contributed by atoms with Crippen LogP contribution < -0.4 is 11.1 Å². The van der Waals surface area contributed by atoms with Gasteiger partial charge in [0.2, 0.25) is 5.91 Å². The predicted octanol–water partition coefficient (Wildman–Crippen LogP) is 2.00. The molecule has 0 aliphatic carbocycles. The molecule has 20 heavy (non-hydrogen) atoms. The third-order valence-corrected chi connectivity index (χ3v) is 3.04. The highest BCUT2D eigenvalue weighted by Gasteiger charge is 2.07. The van der Waals surface area contributed by atoms with Gasteiger partial charge < -0.3 is 11.1 Å². The molecule has 0 fully saturated rings. The number of H-pyrrole nitrogens is 1. The highest BCUT2D eigenvalue weighted by molar-refractivity contribution is 5.91. The molecular formula is C15H20N4O. The molecule has 106 valence electrons. The Bertz CT molecular complexity index is 560. The van der Waals surface area contributed by atoms with Gasteiger partial charge in [-0.25, -0.2) is 0 Å². The van der Waals surface area contributed by atoms with Crippen molar-refractivity contribution in [2.45, 2.75) is 32.7 Å². The fourth-order valence-electron chi connectivity index (χ4n) is 1.99. The van der Waals surface area contributed by atoms with Crippen LogP contribution >= 0.6 is 0 Å². The Balaban J connectivity index is 1.90. The van der Waals surface area contributed by atoms with Crippen LogP contribution in [0.1, 0.15) is 30.2 Å². The van der Waals surface area contributed by atoms with E-state index in [1.165, 1.54) is 0 Å². The van der Waals surface area contributed by atoms with Crippen LogP contribution in [0.25, 0.3) is 0 Å². The van der Waals surface area contributed by atoms with E-state index in [0.29, 0.717) is 18.8 Å². The number of carbonyl (C=O) groups excluding carboxylic acids is 1. The average molecular weight is 272 g/mol. The minimum absolute atomic E-state index is 0.0694. The van der Waals surface area contributed by atoms with E-state index in [1.54, 1.807) is 0 Å². The Morgan fingerprint density at radius 1 is 1.30 bits per heavy atom. The molecule has 2 rings (SSSR count). The van der Waals surface area contributed by atoms with Crippen LogP contribution in [0.2, 0.25) is 0 Å². The van der Waals surface area contributed by atoms with E-state index in [9.17, 15) is 4.79 Å². The molecule has 5 heteroatoms. The van der Waals surface area contributed by atoms with Crippen molar-refractivity contribution in [3.63, 3.8) is 0 Å². The number of nitrogens with two attached hydrogens (primary N) is 1. The van der Waals surface area contributed by atoms with Gasteiger partial charge in [-0.2, -0.15) is 5.10 Å². The number of aromatic nitrogens is 2. The van der Waals surface area contributed by atoms with Gasteiger partial charge in [-0.15, -0.1) is 0 Å². The van der Waals surface area contributed by atoms with Crippen LogP contribution in [0, 0.1) is 0 Å². The lowest BCUT2D eigenvalue weighted by Crippen LogP contribution is -2.14. The maximum Gasteiger partial charge on any atom is 0.229 e. The van der Waals surface area contributed by atoms with E-state index in [1.807, 2.05) is 30.3 Å². The van der Waals surface area contributed by atoms with Crippen molar-refractivity contribution in [2.24, 2.45) is 5.73 Å². The number of carbonyl (C=O) groups is 1. The number of hydrogen-bond donors (Lipinski definition) is 3. The number of amides is 1. The molecule has 0 aliphatic heterocycles. The van der Waals surface area contributed by atoms with E-state index < -0.39 is 0 Å². The summed E-state index contributed by atoms with van der Waals surface area (Å²) in [6.45, 7) is 2.62. The molecular weight excluding hydrogens is 252 g/mol. The molecule has 2 aromatic rings. The summed E-state index contributed by atoms with van der Waals surface area (Å²) >= 11 is 0. The quantitative estimate of drug-likeness (QED) is 0.752. The fourth-order valence-corrected chi connectivity index (χ4v) is 1.99. The van der Waals surface area contributed by atoms with Crippen LogP contribution in [-0.4, -0.2) is 16.1 Å². The maximum atomic E-state index is 11.9. The van der Waals surface area contributed by atoms with E-state index in [2.05, 4.69) is 22.4 Å². The van der Waals surface area contributed by atoms with Crippen LogP contribution in [0.5, 0.6) is 0 Å². The first-order valence-corrected chi connectivity index (χ1v) is 6.83. The first kappa shape index (κ1) is 14.3. The van der Waals surface area contributed by atoms with Gasteiger partial charge in [0.1, 0.15) is 0 Å². The molecule has 1 aromatic carbocycles. The predicted molar refractivity (Wildman–Crippen MR) is 79.2 cm³/mol. The molecule has 1 aromatic heterocycles. The lowest BCUT2D eigenvalue weighted by Gasteiger charge is -2.03. The fraction of sp³-hybridized carbons (Fsp3) is 0.333. The Labute approximate surface area is 118 Å². The monoisotopic (exact) mass is 272 g/mol. The largest absolute Gasteiger partial charge is 0.326 e. The van der Waals surface area contributed by atoms with E-state index >= 15 is 0 Å². The van der Waals surface area contributed by atoms with Gasteiger partial charge in [-0.05, 0) is 17.5 Å². The van der Waals surface area contributed by atoms with E-state index in [-0.39, 0.29) is 5.91 Å². The molecule has 5 nitrogen and oxygen atoms in total. The van der Waals surface area contributed by atoms with Gasteiger partial charge in [-0.1, -0.05) is 37.6 Å². The Morgan fingerprint density at radius 3 is 2.65 bits per heavy atom. The molecule has 0 radical (unpaired) electrons. The zero-order chi connectivity index (χ0) is 14.4. The molecule has 0 unspecified atom stereocenters. The third-order valence-electron chi connectivity index (χ3n) is 3.04. The summed E-state index contributed by atoms with van der Waals surface area (Å²) in [6, 6.07) is 9.61. The number of nitrogens with zero attached hydrogens (tertiary/aromatic N) is 1. The smallest absolute Gasteiger partial charge is 0.229 e. The number of benzene rings is 1. The Hall–Kier alpha value is -2.14. The summed E-state index contributed by atoms with van der Waals surface area (Å²) in [4.78, 5) is 11.9. The summed E-state index contributed by atoms with van der Waals surface area (Å²) < 4.78 is 0. The summed E-state index contributed by atoms with van der Waals surface area (Å²) in [5.74, 6) is 0.511. The normalized spacial score (nSPS) is 10.5. The molecule has 0 spiro atoms. The summed E-state index contributed by atoms with van der Waals surface area (Å²) in [6.07, 6.45) is 2.31. The standard InChI is InChI=1S/C15H20N4O/c1-2-3-13-9-14(19-18-13)17-15(20)8-11-4-6-12(10-16)7-5-11/h4-7,9H,2-3,8,10,16H2,1H3,(H2,17,18,19,20). The van der Waals surface area contributed by atoms with Crippen LogP contribution in [0.15, 0.2) is 30.3 Å². The second kappa shape index (κ2) is 6.86. The number of hydrogen-bond acceptors (Lipinski definition) is 3. The van der Waals surface area contributed by atoms with Crippen molar-refractivity contribution in [3.05, 3.63) is 47.2 Å². The van der Waals surface area contributed by atoms with Gasteiger partial charge in [0, 0.05) is 18.3 Å². The van der Waals surface area contributed by atoms with Crippen molar-refractivity contribution in [1.82, 2.24) is 10.2 Å². The first-order valence-electron chi connectivity index (χ1n) is 6.83. The van der Waals surface area contributed by atoms with Crippen LogP contribution in [0.4, 0.5) is 5.82 Å². The maximum absolute atomic E-state index is 11.9. The molecule has 0 aliphatic rings. The van der Waals surface area contributed by atoms with Gasteiger partial charge in [0.15, 0.2) is 5.82 Å². The number of nitrogens with one attached hydrogen (secondary N) is 2. The van der Waals surface area contributed by atoms with E-state index in [0.717, 1.165) is 29.7 Å². The molecule has 1 amide bonds. The highest BCUT2D eigenvalue weighted by atomic mass is 16.1. The number of aryl methyl sites for hydroxylation is 1. The first-order chi connectivity index (χ1) is 9.71. The highest BCUT2D eigenvalue weighted by Crippen LogP contribution is 2.09. The second-order valence-corrected chi connectivity index (χ2v) is 4.77. The average Bonchev–Trinajstić information content (AvgIpc) is 2.87. The third kappa shape index (κ3) is 3.93. The summed E-state index contributed by atoms with van der Waals surface area (Å²) in [7, 11) is 0. The van der Waals surface area contributed by atoms with Crippen LogP contribution in [-0.2, 0) is 24.2 Å². The number of aromatic amines is 1. The number of rotatable bonds is 6. The molecule has 0 atom stereocenters. The summed E-state index contributed by atoms with van der Waals surface area (Å²) in [5.41, 5.74) is 8.60. The molecule has 1 heterocycles. The zero-order valence-electron chi connectivity index (χ0n) is 11.6. The molecule has 0 saturated carbocycles. The minimum atomic E-state index is -0.0694. The molecule has 4 N–H and O–H groups in total. The van der Waals surface area contributed by atoms with Crippen molar-refractivity contribution < 1.29 is 4.79 Å². The van der Waals surface area contributed by atoms with Crippen molar-refractivity contribution in [2.75, 3.05) is 5.32 Å². The van der Waals surface area contributed by atoms with Gasteiger partial charge in [0.25, 0.3) is 0 Å². The Morgan fingerprint density at radius 2 is 2.00 bits per heavy atom. The summed E-state index contributed by atoms with van der Waals surface area (Å²) in [5, 5.41) is 9.77. The van der Waals surface area contributed by atoms with Crippen molar-refractivity contribution >= 4 is 11.7 Å². The Kier molecular flexibility index (Phi) is 4.90. The van der Waals surface area contributed by atoms with Crippen molar-refractivity contribution in [3.8, 4) is 0 Å². The number of anilines is 1. The van der Waals surface area contributed by atoms with Gasteiger partial charge in [-0.3, -0.25) is 9.89 Å². The lowest BCUT2D eigenvalue weighted by atomic mass is 10.1. The topological polar surface area (TPSA) is 83.8 Å².